The maximum absolute atomic E-state index is 13.4. The molecule has 0 unspecified atom stereocenters. The largest absolute Gasteiger partial charge is 0.417 e. The number of pyridine rings is 2. The Kier molecular flexibility index (Phi) is 5.49. The van der Waals surface area contributed by atoms with Gasteiger partial charge >= 0.3 is 6.18 Å². The van der Waals surface area contributed by atoms with Crippen LogP contribution in [0.3, 0.4) is 0 Å². The molecule has 2 aromatic heterocycles. The zero-order valence-electron chi connectivity index (χ0n) is 17.7. The van der Waals surface area contributed by atoms with Crippen molar-refractivity contribution in [3.05, 3.63) is 89.7 Å². The number of rotatable bonds is 4. The first-order valence-corrected chi connectivity index (χ1v) is 11.9. The number of alkyl halides is 3. The molecule has 0 amide bonds. The fourth-order valence-electron chi connectivity index (χ4n) is 4.12. The van der Waals surface area contributed by atoms with Gasteiger partial charge in [0, 0.05) is 30.2 Å². The second-order valence-electron chi connectivity index (χ2n) is 7.92. The topological polar surface area (TPSA) is 75.2 Å². The average Bonchev–Trinajstić information content (AvgIpc) is 2.83. The number of hydrogen-bond donors (Lipinski definition) is 1. The predicted octanol–water partition coefficient (Wildman–Crippen LogP) is 5.14. The molecule has 0 saturated carbocycles. The monoisotopic (exact) mass is 484 g/mol. The third-order valence-corrected chi connectivity index (χ3v) is 7.68. The summed E-state index contributed by atoms with van der Waals surface area (Å²) in [5.74, 6) is 0.572. The van der Waals surface area contributed by atoms with Gasteiger partial charge in [-0.15, -0.1) is 0 Å². The van der Waals surface area contributed by atoms with Crippen LogP contribution in [0.2, 0.25) is 0 Å². The van der Waals surface area contributed by atoms with Crippen molar-refractivity contribution in [1.82, 2.24) is 14.3 Å². The number of fused-ring (bicyclic) bond motifs is 2. The normalized spacial score (nSPS) is 14.7. The Morgan fingerprint density at radius 3 is 2.56 bits per heavy atom. The molecule has 0 fully saturated rings. The zero-order chi connectivity index (χ0) is 23.9. The Balaban J connectivity index is 1.44. The number of halogens is 3. The van der Waals surface area contributed by atoms with E-state index >= 15 is 0 Å². The van der Waals surface area contributed by atoms with Crippen molar-refractivity contribution in [3.8, 4) is 0 Å². The van der Waals surface area contributed by atoms with Crippen molar-refractivity contribution in [1.29, 1.82) is 0 Å². The molecule has 10 heteroatoms. The molecule has 3 heterocycles. The van der Waals surface area contributed by atoms with Crippen molar-refractivity contribution in [2.75, 3.05) is 11.9 Å². The van der Waals surface area contributed by atoms with Gasteiger partial charge in [0.1, 0.15) is 5.82 Å². The van der Waals surface area contributed by atoms with Crippen LogP contribution in [0.15, 0.2) is 78.0 Å². The Morgan fingerprint density at radius 1 is 0.971 bits per heavy atom. The Hall–Kier alpha value is -3.50. The number of hydrogen-bond acceptors (Lipinski definition) is 5. The smallest absolute Gasteiger partial charge is 0.339 e. The van der Waals surface area contributed by atoms with Crippen molar-refractivity contribution in [2.24, 2.45) is 0 Å². The fraction of sp³-hybridized carbons (Fsp3) is 0.167. The average molecular weight is 485 g/mol. The molecule has 4 aromatic rings. The molecule has 1 aliphatic heterocycles. The van der Waals surface area contributed by atoms with E-state index in [1.165, 1.54) is 12.1 Å². The number of aromatic nitrogens is 2. The van der Waals surface area contributed by atoms with E-state index in [0.717, 1.165) is 38.6 Å². The summed E-state index contributed by atoms with van der Waals surface area (Å²) in [5, 5.41) is 4.20. The zero-order valence-corrected chi connectivity index (χ0v) is 18.6. The van der Waals surface area contributed by atoms with Crippen molar-refractivity contribution < 1.29 is 21.6 Å². The highest BCUT2D eigenvalue weighted by atomic mass is 32.2. The van der Waals surface area contributed by atoms with Crippen LogP contribution in [0, 0.1) is 0 Å². The first-order valence-electron chi connectivity index (χ1n) is 10.5. The van der Waals surface area contributed by atoms with E-state index in [-0.39, 0.29) is 13.1 Å². The summed E-state index contributed by atoms with van der Waals surface area (Å²) in [5.41, 5.74) is 1.93. The number of nitrogens with one attached hydrogen (secondary N) is 1. The van der Waals surface area contributed by atoms with E-state index in [1.807, 2.05) is 30.3 Å². The molecule has 1 N–H and O–H groups in total. The Labute approximate surface area is 194 Å². The summed E-state index contributed by atoms with van der Waals surface area (Å²) < 4.78 is 67.7. The third kappa shape index (κ3) is 4.10. The standard InChI is InChI=1S/C24H19F3N4O2S/c25-24(26,27)20-6-2-4-8-22(20)34(32,33)31-12-10-19-17(15-31)9-11-28-23(19)30-18-13-16-5-1-3-7-21(16)29-14-18/h1-9,11,13-14H,10,12,15H2,(H,28,30). The lowest BCUT2D eigenvalue weighted by atomic mass is 10.0. The molecule has 6 nitrogen and oxygen atoms in total. The maximum atomic E-state index is 13.4. The summed E-state index contributed by atoms with van der Waals surface area (Å²) >= 11 is 0. The fourth-order valence-corrected chi connectivity index (χ4v) is 5.75. The lowest BCUT2D eigenvalue weighted by molar-refractivity contribution is -0.139. The second kappa shape index (κ2) is 8.37. The van der Waals surface area contributed by atoms with E-state index in [0.29, 0.717) is 17.8 Å². The second-order valence-corrected chi connectivity index (χ2v) is 9.83. The van der Waals surface area contributed by atoms with Crippen LogP contribution < -0.4 is 5.32 Å². The van der Waals surface area contributed by atoms with E-state index in [2.05, 4.69) is 15.3 Å². The minimum absolute atomic E-state index is 0.0396. The number of anilines is 2. The first kappa shape index (κ1) is 22.3. The van der Waals surface area contributed by atoms with Crippen molar-refractivity contribution in [3.63, 3.8) is 0 Å². The van der Waals surface area contributed by atoms with Crippen LogP contribution in [0.1, 0.15) is 16.7 Å². The van der Waals surface area contributed by atoms with Crippen LogP contribution in [-0.4, -0.2) is 29.2 Å². The van der Waals surface area contributed by atoms with Crippen LogP contribution in [0.5, 0.6) is 0 Å². The SMILES string of the molecule is O=S(=O)(c1ccccc1C(F)(F)F)N1CCc2c(ccnc2Nc2cnc3ccccc3c2)C1. The summed E-state index contributed by atoms with van der Waals surface area (Å²) in [7, 11) is -4.35. The molecule has 0 bridgehead atoms. The molecule has 0 saturated heterocycles. The lowest BCUT2D eigenvalue weighted by Gasteiger charge is -2.30. The molecule has 0 atom stereocenters. The van der Waals surface area contributed by atoms with E-state index in [9.17, 15) is 21.6 Å². The summed E-state index contributed by atoms with van der Waals surface area (Å²) in [6, 6.07) is 15.6. The highest BCUT2D eigenvalue weighted by molar-refractivity contribution is 7.89. The summed E-state index contributed by atoms with van der Waals surface area (Å²) in [6.07, 6.45) is -1.22. The molecule has 34 heavy (non-hydrogen) atoms. The van der Waals surface area contributed by atoms with Crippen molar-refractivity contribution >= 4 is 32.4 Å². The molecule has 0 radical (unpaired) electrons. The highest BCUT2D eigenvalue weighted by Crippen LogP contribution is 2.37. The number of nitrogens with zero attached hydrogens (tertiary/aromatic N) is 3. The van der Waals surface area contributed by atoms with Gasteiger partial charge in [-0.3, -0.25) is 4.98 Å². The Bertz CT molecular complexity index is 1490. The molecule has 2 aromatic carbocycles. The van der Waals surface area contributed by atoms with Gasteiger partial charge in [0.25, 0.3) is 0 Å². The lowest BCUT2D eigenvalue weighted by Crippen LogP contribution is -2.37. The predicted molar refractivity (Wildman–Crippen MR) is 122 cm³/mol. The van der Waals surface area contributed by atoms with Gasteiger partial charge in [-0.2, -0.15) is 17.5 Å². The molecule has 5 rings (SSSR count). The van der Waals surface area contributed by atoms with Gasteiger partial charge < -0.3 is 5.32 Å². The van der Waals surface area contributed by atoms with Gasteiger partial charge in [0.05, 0.1) is 27.9 Å². The minimum Gasteiger partial charge on any atom is -0.339 e. The molecule has 1 aliphatic rings. The molecular formula is C24H19F3N4O2S. The van der Waals surface area contributed by atoms with Gasteiger partial charge in [0.15, 0.2) is 0 Å². The minimum atomic E-state index is -4.77. The summed E-state index contributed by atoms with van der Waals surface area (Å²) in [6.45, 7) is -0.00506. The number of sulfonamides is 1. The van der Waals surface area contributed by atoms with Gasteiger partial charge in [0.2, 0.25) is 10.0 Å². The number of benzene rings is 2. The van der Waals surface area contributed by atoms with E-state index in [4.69, 9.17) is 0 Å². The van der Waals surface area contributed by atoms with E-state index in [1.54, 1.807) is 18.5 Å². The molecular weight excluding hydrogens is 465 g/mol. The van der Waals surface area contributed by atoms with E-state index < -0.39 is 26.7 Å². The van der Waals surface area contributed by atoms with Crippen LogP contribution in [0.25, 0.3) is 10.9 Å². The summed E-state index contributed by atoms with van der Waals surface area (Å²) in [4.78, 5) is 8.09. The van der Waals surface area contributed by atoms with Crippen molar-refractivity contribution in [2.45, 2.75) is 24.0 Å². The van der Waals surface area contributed by atoms with Gasteiger partial charge in [-0.05, 0) is 42.3 Å². The molecule has 0 aliphatic carbocycles. The van der Waals surface area contributed by atoms with Crippen LogP contribution >= 0.6 is 0 Å². The van der Waals surface area contributed by atoms with Gasteiger partial charge in [-0.1, -0.05) is 30.3 Å². The number of para-hydroxylation sites is 1. The van der Waals surface area contributed by atoms with Crippen LogP contribution in [-0.2, 0) is 29.2 Å². The quantitative estimate of drug-likeness (QED) is 0.434. The van der Waals surface area contributed by atoms with Crippen LogP contribution in [0.4, 0.5) is 24.7 Å². The Morgan fingerprint density at radius 2 is 1.74 bits per heavy atom. The third-order valence-electron chi connectivity index (χ3n) is 5.77. The first-order chi connectivity index (χ1) is 16.2. The molecule has 0 spiro atoms. The molecule has 174 valence electrons. The highest BCUT2D eigenvalue weighted by Gasteiger charge is 2.39. The van der Waals surface area contributed by atoms with Gasteiger partial charge in [-0.25, -0.2) is 13.4 Å². The maximum Gasteiger partial charge on any atom is 0.417 e.